The van der Waals surface area contributed by atoms with Crippen LogP contribution in [-0.2, 0) is 9.53 Å². The Hall–Kier alpha value is -1.11. The number of aliphatic carboxylic acids is 1. The number of hydrogen-bond donors (Lipinski definition) is 2. The van der Waals surface area contributed by atoms with Crippen LogP contribution in [0.2, 0.25) is 5.02 Å². The average molecular weight is 363 g/mol. The predicted octanol–water partition coefficient (Wildman–Crippen LogP) is 2.47. The number of carboxylic acids is 1. The second kappa shape index (κ2) is 6.11. The van der Waals surface area contributed by atoms with Crippen molar-refractivity contribution in [3.8, 4) is 0 Å². The summed E-state index contributed by atoms with van der Waals surface area (Å²) in [5.74, 6) is -1.50. The van der Waals surface area contributed by atoms with Crippen LogP contribution in [0.15, 0.2) is 22.7 Å². The first-order chi connectivity index (χ1) is 9.44. The van der Waals surface area contributed by atoms with E-state index in [2.05, 4.69) is 21.2 Å². The molecule has 2 rings (SSSR count). The van der Waals surface area contributed by atoms with E-state index in [1.165, 1.54) is 6.07 Å². The molecule has 1 aromatic rings. The zero-order valence-corrected chi connectivity index (χ0v) is 12.8. The Balaban J connectivity index is 2.20. The Morgan fingerprint density at radius 3 is 2.55 bits per heavy atom. The highest BCUT2D eigenvalue weighted by Crippen LogP contribution is 2.25. The predicted molar refractivity (Wildman–Crippen MR) is 77.0 cm³/mol. The third-order valence-electron chi connectivity index (χ3n) is 3.29. The summed E-state index contributed by atoms with van der Waals surface area (Å²) < 4.78 is 5.83. The first kappa shape index (κ1) is 15.3. The number of carbonyl (C=O) groups excluding carboxylic acids is 1. The lowest BCUT2D eigenvalue weighted by Crippen LogP contribution is -2.57. The van der Waals surface area contributed by atoms with Gasteiger partial charge in [-0.2, -0.15) is 0 Å². The molecule has 1 aliphatic heterocycles. The molecule has 0 radical (unpaired) electrons. The van der Waals surface area contributed by atoms with Crippen LogP contribution in [0.3, 0.4) is 0 Å². The largest absolute Gasteiger partial charge is 0.480 e. The van der Waals surface area contributed by atoms with Crippen LogP contribution in [0.5, 0.6) is 0 Å². The Morgan fingerprint density at radius 1 is 1.35 bits per heavy atom. The molecule has 1 heterocycles. The highest BCUT2D eigenvalue weighted by Gasteiger charge is 2.41. The second-order valence-corrected chi connectivity index (χ2v) is 5.84. The van der Waals surface area contributed by atoms with E-state index in [9.17, 15) is 14.7 Å². The Morgan fingerprint density at radius 2 is 2.00 bits per heavy atom. The molecule has 0 aromatic heterocycles. The molecule has 0 bridgehead atoms. The molecule has 108 valence electrons. The van der Waals surface area contributed by atoms with Gasteiger partial charge in [0, 0.05) is 36.1 Å². The lowest BCUT2D eigenvalue weighted by atomic mass is 9.89. The fraction of sp³-hybridized carbons (Fsp3) is 0.385. The highest BCUT2D eigenvalue weighted by atomic mass is 79.9. The van der Waals surface area contributed by atoms with Crippen molar-refractivity contribution in [2.45, 2.75) is 18.4 Å². The van der Waals surface area contributed by atoms with Gasteiger partial charge in [-0.05, 0) is 34.1 Å². The molecule has 1 amide bonds. The van der Waals surface area contributed by atoms with Crippen molar-refractivity contribution in [3.05, 3.63) is 33.3 Å². The van der Waals surface area contributed by atoms with E-state index >= 15 is 0 Å². The molecule has 1 aliphatic rings. The summed E-state index contributed by atoms with van der Waals surface area (Å²) in [6.07, 6.45) is 0.497. The second-order valence-electron chi connectivity index (χ2n) is 4.58. The zero-order chi connectivity index (χ0) is 14.8. The molecular weight excluding hydrogens is 350 g/mol. The quantitative estimate of drug-likeness (QED) is 0.866. The topological polar surface area (TPSA) is 75.6 Å². The number of nitrogens with one attached hydrogen (secondary N) is 1. The summed E-state index contributed by atoms with van der Waals surface area (Å²) in [4.78, 5) is 23.7. The van der Waals surface area contributed by atoms with Crippen molar-refractivity contribution < 1.29 is 19.4 Å². The van der Waals surface area contributed by atoms with Crippen LogP contribution in [0, 0.1) is 0 Å². The van der Waals surface area contributed by atoms with E-state index in [1.54, 1.807) is 12.1 Å². The number of halogens is 2. The van der Waals surface area contributed by atoms with Crippen molar-refractivity contribution in [3.63, 3.8) is 0 Å². The molecule has 1 saturated heterocycles. The van der Waals surface area contributed by atoms with Crippen molar-refractivity contribution >= 4 is 39.4 Å². The highest BCUT2D eigenvalue weighted by molar-refractivity contribution is 9.10. The third kappa shape index (κ3) is 3.13. The minimum absolute atomic E-state index is 0.248. The number of carboxylic acid groups (broad SMARTS) is 1. The summed E-state index contributed by atoms with van der Waals surface area (Å²) in [6, 6.07) is 4.73. The molecule has 1 fully saturated rings. The summed E-state index contributed by atoms with van der Waals surface area (Å²) in [5.41, 5.74) is -0.945. The molecule has 0 saturated carbocycles. The average Bonchev–Trinajstić information content (AvgIpc) is 2.42. The number of amides is 1. The number of benzene rings is 1. The van der Waals surface area contributed by atoms with Crippen molar-refractivity contribution in [1.82, 2.24) is 5.32 Å². The van der Waals surface area contributed by atoms with Gasteiger partial charge in [-0.1, -0.05) is 11.6 Å². The van der Waals surface area contributed by atoms with Crippen LogP contribution >= 0.6 is 27.5 Å². The van der Waals surface area contributed by atoms with E-state index < -0.39 is 17.4 Å². The first-order valence-electron chi connectivity index (χ1n) is 6.03. The van der Waals surface area contributed by atoms with Crippen LogP contribution < -0.4 is 5.32 Å². The van der Waals surface area contributed by atoms with Gasteiger partial charge >= 0.3 is 5.97 Å². The van der Waals surface area contributed by atoms with Crippen LogP contribution in [0.1, 0.15) is 23.2 Å². The maximum atomic E-state index is 12.2. The molecule has 7 heteroatoms. The van der Waals surface area contributed by atoms with E-state index in [1.807, 2.05) is 0 Å². The van der Waals surface area contributed by atoms with E-state index in [0.29, 0.717) is 28.3 Å². The Kier molecular flexibility index (Phi) is 4.67. The molecular formula is C13H13BrClNO4. The first-order valence-corrected chi connectivity index (χ1v) is 7.20. The van der Waals surface area contributed by atoms with Gasteiger partial charge in [0.25, 0.3) is 5.91 Å². The van der Waals surface area contributed by atoms with Gasteiger partial charge < -0.3 is 15.2 Å². The van der Waals surface area contributed by atoms with E-state index in [4.69, 9.17) is 16.3 Å². The van der Waals surface area contributed by atoms with Crippen LogP contribution in [0.25, 0.3) is 0 Å². The summed E-state index contributed by atoms with van der Waals surface area (Å²) in [7, 11) is 0. The maximum absolute atomic E-state index is 12.2. The van der Waals surface area contributed by atoms with Crippen LogP contribution in [-0.4, -0.2) is 35.7 Å². The van der Waals surface area contributed by atoms with Gasteiger partial charge in [0.05, 0.1) is 5.02 Å². The molecule has 0 spiro atoms. The van der Waals surface area contributed by atoms with Crippen molar-refractivity contribution in [2.24, 2.45) is 0 Å². The lowest BCUT2D eigenvalue weighted by Gasteiger charge is -2.33. The number of hydrogen-bond acceptors (Lipinski definition) is 3. The van der Waals surface area contributed by atoms with Gasteiger partial charge in [0.2, 0.25) is 0 Å². The summed E-state index contributed by atoms with van der Waals surface area (Å²) in [6.45, 7) is 0.626. The number of carbonyl (C=O) groups is 2. The molecule has 2 N–H and O–H groups in total. The SMILES string of the molecule is O=C(NC1(C(=O)O)CCOCC1)c1ccc(Br)c(Cl)c1. The molecule has 1 aromatic carbocycles. The fourth-order valence-electron chi connectivity index (χ4n) is 2.04. The number of ether oxygens (including phenoxy) is 1. The van der Waals surface area contributed by atoms with Gasteiger partial charge in [-0.25, -0.2) is 4.79 Å². The van der Waals surface area contributed by atoms with Crippen LogP contribution in [0.4, 0.5) is 0 Å². The molecule has 5 nitrogen and oxygen atoms in total. The smallest absolute Gasteiger partial charge is 0.329 e. The van der Waals surface area contributed by atoms with Gasteiger partial charge in [0.15, 0.2) is 0 Å². The van der Waals surface area contributed by atoms with Gasteiger partial charge in [-0.3, -0.25) is 4.79 Å². The molecule has 0 aliphatic carbocycles. The summed E-state index contributed by atoms with van der Waals surface area (Å²) >= 11 is 9.17. The van der Waals surface area contributed by atoms with Gasteiger partial charge in [-0.15, -0.1) is 0 Å². The number of rotatable bonds is 3. The molecule has 20 heavy (non-hydrogen) atoms. The van der Waals surface area contributed by atoms with E-state index in [0.717, 1.165) is 0 Å². The monoisotopic (exact) mass is 361 g/mol. The van der Waals surface area contributed by atoms with E-state index in [-0.39, 0.29) is 12.8 Å². The lowest BCUT2D eigenvalue weighted by molar-refractivity contribution is -0.148. The molecule has 0 atom stereocenters. The zero-order valence-electron chi connectivity index (χ0n) is 10.5. The maximum Gasteiger partial charge on any atom is 0.329 e. The molecule has 0 unspecified atom stereocenters. The standard InChI is InChI=1S/C13H13BrClNO4/c14-9-2-1-8(7-10(9)15)11(17)16-13(12(18)19)3-5-20-6-4-13/h1-2,7H,3-6H2,(H,16,17)(H,18,19). The normalized spacial score (nSPS) is 17.5. The van der Waals surface area contributed by atoms with Gasteiger partial charge in [0.1, 0.15) is 5.54 Å². The Bertz CT molecular complexity index is 543. The van der Waals surface area contributed by atoms with Crippen molar-refractivity contribution in [2.75, 3.05) is 13.2 Å². The fourth-order valence-corrected chi connectivity index (χ4v) is 2.47. The minimum Gasteiger partial charge on any atom is -0.480 e. The minimum atomic E-state index is -1.27. The Labute approximate surface area is 129 Å². The summed E-state index contributed by atoms with van der Waals surface area (Å²) in [5, 5.41) is 12.4. The third-order valence-corrected chi connectivity index (χ3v) is 4.52. The van der Waals surface area contributed by atoms with Crippen molar-refractivity contribution in [1.29, 1.82) is 0 Å².